The number of nitrogens with one attached hydrogen (secondary N) is 1. The maximum atomic E-state index is 12.4. The number of tetrazole rings is 1. The first-order valence-corrected chi connectivity index (χ1v) is 8.08. The van der Waals surface area contributed by atoms with Gasteiger partial charge in [0.2, 0.25) is 0 Å². The molecule has 2 heterocycles. The van der Waals surface area contributed by atoms with Gasteiger partial charge in [0.15, 0.2) is 0 Å². The van der Waals surface area contributed by atoms with E-state index in [0.29, 0.717) is 5.56 Å². The molecule has 1 saturated heterocycles. The topological polar surface area (TPSA) is 85.2 Å². The lowest BCUT2D eigenvalue weighted by atomic mass is 10.1. The molecule has 1 amide bonds. The second-order valence-corrected chi connectivity index (χ2v) is 6.04. The van der Waals surface area contributed by atoms with Crippen LogP contribution in [-0.4, -0.2) is 69.9 Å². The molecule has 0 spiro atoms. The predicted octanol–water partition coefficient (Wildman–Crippen LogP) is 0.421. The summed E-state index contributed by atoms with van der Waals surface area (Å²) in [6, 6.07) is 5.58. The highest BCUT2D eigenvalue weighted by molar-refractivity contribution is 5.94. The fraction of sp³-hybridized carbons (Fsp3) is 0.500. The molecule has 0 unspecified atom stereocenters. The smallest absolute Gasteiger partial charge is 0.251 e. The molecule has 8 nitrogen and oxygen atoms in total. The molecule has 8 heteroatoms. The summed E-state index contributed by atoms with van der Waals surface area (Å²) in [4.78, 5) is 14.8. The van der Waals surface area contributed by atoms with Crippen LogP contribution in [0.3, 0.4) is 0 Å². The Balaban J connectivity index is 1.61. The third-order valence-corrected chi connectivity index (χ3v) is 4.07. The maximum Gasteiger partial charge on any atom is 0.251 e. The van der Waals surface area contributed by atoms with E-state index < -0.39 is 0 Å². The van der Waals surface area contributed by atoms with E-state index in [1.807, 2.05) is 26.0 Å². The minimum atomic E-state index is -0.0675. The number of rotatable bonds is 5. The fourth-order valence-corrected chi connectivity index (χ4v) is 2.85. The van der Waals surface area contributed by atoms with Crippen molar-refractivity contribution >= 4 is 5.91 Å². The van der Waals surface area contributed by atoms with Crippen molar-refractivity contribution in [3.05, 3.63) is 35.7 Å². The summed E-state index contributed by atoms with van der Waals surface area (Å²) in [5, 5.41) is 14.2. The van der Waals surface area contributed by atoms with Gasteiger partial charge in [0.25, 0.3) is 5.91 Å². The molecule has 3 rings (SSSR count). The number of aromatic nitrogens is 4. The van der Waals surface area contributed by atoms with Crippen molar-refractivity contribution in [3.63, 3.8) is 0 Å². The monoisotopic (exact) mass is 330 g/mol. The van der Waals surface area contributed by atoms with Crippen LogP contribution >= 0.6 is 0 Å². The first-order valence-electron chi connectivity index (χ1n) is 8.08. The third-order valence-electron chi connectivity index (χ3n) is 4.07. The van der Waals surface area contributed by atoms with E-state index in [1.165, 1.54) is 6.33 Å². The van der Waals surface area contributed by atoms with Crippen LogP contribution in [0.2, 0.25) is 0 Å². The van der Waals surface area contributed by atoms with Gasteiger partial charge < -0.3 is 10.1 Å². The van der Waals surface area contributed by atoms with Gasteiger partial charge in [0.1, 0.15) is 6.33 Å². The average Bonchev–Trinajstić information content (AvgIpc) is 3.09. The van der Waals surface area contributed by atoms with Crippen LogP contribution in [0.15, 0.2) is 24.5 Å². The minimum absolute atomic E-state index is 0.0675. The van der Waals surface area contributed by atoms with Gasteiger partial charge in [-0.3, -0.25) is 9.69 Å². The Bertz CT molecular complexity index is 682. The normalized spacial score (nSPS) is 16.8. The maximum absolute atomic E-state index is 12.4. The minimum Gasteiger partial charge on any atom is -0.379 e. The molecule has 0 radical (unpaired) electrons. The quantitative estimate of drug-likeness (QED) is 0.855. The van der Waals surface area contributed by atoms with Crippen LogP contribution in [0.1, 0.15) is 22.8 Å². The number of nitrogens with zero attached hydrogens (tertiary/aromatic N) is 5. The first kappa shape index (κ1) is 16.5. The summed E-state index contributed by atoms with van der Waals surface area (Å²) in [6.45, 7) is 8.15. The molecule has 24 heavy (non-hydrogen) atoms. The molecule has 0 bridgehead atoms. The van der Waals surface area contributed by atoms with Crippen LogP contribution in [-0.2, 0) is 4.74 Å². The van der Waals surface area contributed by atoms with E-state index in [9.17, 15) is 4.79 Å². The standard InChI is InChI=1S/C16H22N6O2/c1-12-9-14(3-4-15(12)22-11-17-19-20-22)16(23)18-13(2)10-21-5-7-24-8-6-21/h3-4,9,11,13H,5-8,10H2,1-2H3,(H,18,23)/t13-/m1/s1. The number of amides is 1. The highest BCUT2D eigenvalue weighted by Gasteiger charge is 2.16. The number of morpholine rings is 1. The molecule has 2 aromatic rings. The molecular formula is C16H22N6O2. The Morgan fingerprint density at radius 3 is 2.83 bits per heavy atom. The number of ether oxygens (including phenoxy) is 1. The molecular weight excluding hydrogens is 308 g/mol. The fourth-order valence-electron chi connectivity index (χ4n) is 2.85. The number of hydrogen-bond acceptors (Lipinski definition) is 6. The second kappa shape index (κ2) is 7.50. The summed E-state index contributed by atoms with van der Waals surface area (Å²) in [5.41, 5.74) is 2.44. The van der Waals surface area contributed by atoms with Gasteiger partial charge in [-0.1, -0.05) is 0 Å². The summed E-state index contributed by atoms with van der Waals surface area (Å²) in [6.07, 6.45) is 1.53. The Kier molecular flexibility index (Phi) is 5.17. The van der Waals surface area contributed by atoms with Gasteiger partial charge in [-0.05, 0) is 48.0 Å². The zero-order valence-electron chi connectivity index (χ0n) is 14.0. The number of hydrogen-bond donors (Lipinski definition) is 1. The summed E-state index contributed by atoms with van der Waals surface area (Å²) in [5.74, 6) is -0.0675. The largest absolute Gasteiger partial charge is 0.379 e. The molecule has 1 aliphatic heterocycles. The van der Waals surface area contributed by atoms with Crippen LogP contribution in [0.4, 0.5) is 0 Å². The molecule has 1 N–H and O–H groups in total. The lowest BCUT2D eigenvalue weighted by Gasteiger charge is -2.29. The van der Waals surface area contributed by atoms with Gasteiger partial charge in [0, 0.05) is 31.2 Å². The highest BCUT2D eigenvalue weighted by atomic mass is 16.5. The number of carbonyl (C=O) groups is 1. The summed E-state index contributed by atoms with van der Waals surface area (Å²) < 4.78 is 6.92. The van der Waals surface area contributed by atoms with Crippen molar-refractivity contribution in [3.8, 4) is 5.69 Å². The Morgan fingerprint density at radius 2 is 2.17 bits per heavy atom. The van der Waals surface area contributed by atoms with Crippen molar-refractivity contribution in [2.75, 3.05) is 32.8 Å². The van der Waals surface area contributed by atoms with Crippen molar-refractivity contribution in [1.29, 1.82) is 0 Å². The predicted molar refractivity (Wildman–Crippen MR) is 88.1 cm³/mol. The van der Waals surface area contributed by atoms with Crippen molar-refractivity contribution < 1.29 is 9.53 Å². The van der Waals surface area contributed by atoms with Gasteiger partial charge in [-0.25, -0.2) is 4.68 Å². The molecule has 1 fully saturated rings. The lowest BCUT2D eigenvalue weighted by Crippen LogP contribution is -2.46. The average molecular weight is 330 g/mol. The zero-order valence-corrected chi connectivity index (χ0v) is 14.0. The van der Waals surface area contributed by atoms with Gasteiger partial charge in [-0.2, -0.15) is 0 Å². The van der Waals surface area contributed by atoms with Crippen molar-refractivity contribution in [1.82, 2.24) is 30.4 Å². The summed E-state index contributed by atoms with van der Waals surface area (Å²) in [7, 11) is 0. The zero-order chi connectivity index (χ0) is 16.9. The van der Waals surface area contributed by atoms with Gasteiger partial charge >= 0.3 is 0 Å². The summed E-state index contributed by atoms with van der Waals surface area (Å²) >= 11 is 0. The lowest BCUT2D eigenvalue weighted by molar-refractivity contribution is 0.0342. The molecule has 1 aromatic heterocycles. The van der Waals surface area contributed by atoms with E-state index in [1.54, 1.807) is 10.7 Å². The first-order chi connectivity index (χ1) is 11.6. The number of carbonyl (C=O) groups excluding carboxylic acids is 1. The molecule has 1 atom stereocenters. The van der Waals surface area contributed by atoms with Crippen LogP contribution in [0.25, 0.3) is 5.69 Å². The Morgan fingerprint density at radius 1 is 1.38 bits per heavy atom. The van der Waals surface area contributed by atoms with E-state index in [4.69, 9.17) is 4.74 Å². The number of aryl methyl sites for hydroxylation is 1. The second-order valence-electron chi connectivity index (χ2n) is 6.04. The van der Waals surface area contributed by atoms with Crippen LogP contribution < -0.4 is 5.32 Å². The van der Waals surface area contributed by atoms with Crippen LogP contribution in [0, 0.1) is 6.92 Å². The number of benzene rings is 1. The SMILES string of the molecule is Cc1cc(C(=O)N[C@H](C)CN2CCOCC2)ccc1-n1cnnn1. The van der Waals surface area contributed by atoms with Crippen LogP contribution in [0.5, 0.6) is 0 Å². The van der Waals surface area contributed by atoms with E-state index in [0.717, 1.165) is 44.1 Å². The van der Waals surface area contributed by atoms with Gasteiger partial charge in [0.05, 0.1) is 18.9 Å². The molecule has 0 aliphatic carbocycles. The third kappa shape index (κ3) is 3.95. The molecule has 0 saturated carbocycles. The van der Waals surface area contributed by atoms with Crippen molar-refractivity contribution in [2.45, 2.75) is 19.9 Å². The van der Waals surface area contributed by atoms with Gasteiger partial charge in [-0.15, -0.1) is 5.10 Å². The Labute approximate surface area is 140 Å². The van der Waals surface area contributed by atoms with E-state index in [-0.39, 0.29) is 11.9 Å². The van der Waals surface area contributed by atoms with E-state index in [2.05, 4.69) is 25.7 Å². The molecule has 1 aliphatic rings. The van der Waals surface area contributed by atoms with Crippen molar-refractivity contribution in [2.24, 2.45) is 0 Å². The molecule has 128 valence electrons. The Hall–Kier alpha value is -2.32. The van der Waals surface area contributed by atoms with E-state index >= 15 is 0 Å². The molecule has 1 aromatic carbocycles. The highest BCUT2D eigenvalue weighted by Crippen LogP contribution is 2.14.